The fraction of sp³-hybridized carbons (Fsp3) is 0.474. The van der Waals surface area contributed by atoms with Crippen LogP contribution in [-0.2, 0) is 32.1 Å². The quantitative estimate of drug-likeness (QED) is 0.301. The van der Waals surface area contributed by atoms with E-state index in [4.69, 9.17) is 9.15 Å². The molecule has 288 valence electrons. The number of aromatic nitrogens is 5. The van der Waals surface area contributed by atoms with Crippen molar-refractivity contribution in [1.82, 2.24) is 40.5 Å². The third kappa shape index (κ3) is 11.2. The number of cyclic esters (lactones) is 1. The number of hydrogen-bond donors (Lipinski definition) is 3. The van der Waals surface area contributed by atoms with Gasteiger partial charge < -0.3 is 29.8 Å². The van der Waals surface area contributed by atoms with Crippen molar-refractivity contribution in [3.8, 4) is 11.3 Å². The van der Waals surface area contributed by atoms with Crippen LogP contribution in [0.4, 0.5) is 4.39 Å². The highest BCUT2D eigenvalue weighted by atomic mass is 19.1. The molecule has 0 radical (unpaired) electrons. The summed E-state index contributed by atoms with van der Waals surface area (Å²) < 4.78 is 27.9. The number of aliphatic hydroxyl groups is 1. The number of alkyl halides is 1. The molecule has 0 saturated carbocycles. The van der Waals surface area contributed by atoms with Gasteiger partial charge in [-0.25, -0.2) is 14.2 Å². The molecule has 5 rings (SSSR count). The first-order valence-electron chi connectivity index (χ1n) is 18.1. The maximum Gasteiger partial charge on any atom is 0.329 e. The Morgan fingerprint density at radius 1 is 1.17 bits per heavy atom. The summed E-state index contributed by atoms with van der Waals surface area (Å²) in [6.45, 7) is 6.45. The minimum absolute atomic E-state index is 0.00475. The lowest BCUT2D eigenvalue weighted by Crippen LogP contribution is -2.44. The number of ether oxygens (including phenoxy) is 1. The average Bonchev–Trinajstić information content (AvgIpc) is 3.92. The molecule has 0 aliphatic carbocycles. The highest BCUT2D eigenvalue weighted by Gasteiger charge is 2.39. The maximum atomic E-state index is 14.8. The molecular weight excluding hydrogens is 699 g/mol. The highest BCUT2D eigenvalue weighted by Crippen LogP contribution is 2.27. The van der Waals surface area contributed by atoms with Gasteiger partial charge in [-0.2, -0.15) is 0 Å². The molecule has 5 heterocycles. The van der Waals surface area contributed by atoms with E-state index >= 15 is 0 Å². The molecule has 2 aliphatic heterocycles. The molecular formula is C38H47FN8O7. The van der Waals surface area contributed by atoms with Gasteiger partial charge in [-0.3, -0.25) is 24.0 Å². The molecule has 15 nitrogen and oxygen atoms in total. The van der Waals surface area contributed by atoms with Crippen molar-refractivity contribution in [3.05, 3.63) is 84.5 Å². The summed E-state index contributed by atoms with van der Waals surface area (Å²) in [5, 5.41) is 24.3. The van der Waals surface area contributed by atoms with Crippen molar-refractivity contribution < 1.29 is 37.8 Å². The van der Waals surface area contributed by atoms with Crippen LogP contribution in [0.3, 0.4) is 0 Å². The minimum Gasteiger partial charge on any atom is -0.460 e. The lowest BCUT2D eigenvalue weighted by molar-refractivity contribution is -0.159. The number of carbonyl (C=O) groups excluding carboxylic acids is 4. The maximum absolute atomic E-state index is 14.8. The molecule has 5 unspecified atom stereocenters. The standard InChI is InChI=1S/C38H47FN8O7/c1-24(2)36-27(19-34(50)42-15-17-46-22-30(44-45-46)26-10-13-40-14-11-26)8-9-33(49)41-12-4-6-25(3)18-29(48)20-28(39)21-35-43-31(23-53-35)37(51)47-16-5-7-32(47)38(52)54-36/h4,6,8-11,13-14,18,22-24,27-29,32,36,48H,5,7,12,15-17,19-21H2,1-3H3,(H,41,49)(H,42,50)/b6-4?,9-8+,25-18?. The number of aliphatic hydroxyl groups excluding tert-OH is 1. The Balaban J connectivity index is 1.32. The smallest absolute Gasteiger partial charge is 0.329 e. The minimum atomic E-state index is -1.50. The van der Waals surface area contributed by atoms with Crippen LogP contribution in [0, 0.1) is 11.8 Å². The summed E-state index contributed by atoms with van der Waals surface area (Å²) in [6.07, 6.45) is 10.9. The van der Waals surface area contributed by atoms with Crippen LogP contribution in [0.5, 0.6) is 0 Å². The molecule has 3 N–H and O–H groups in total. The number of halogens is 1. The fourth-order valence-electron chi connectivity index (χ4n) is 6.42. The number of nitrogens with one attached hydrogen (secondary N) is 2. The fourth-order valence-corrected chi connectivity index (χ4v) is 6.42. The van der Waals surface area contributed by atoms with Crippen molar-refractivity contribution in [3.63, 3.8) is 0 Å². The number of esters is 1. The Morgan fingerprint density at radius 3 is 2.74 bits per heavy atom. The normalized spacial score (nSPS) is 24.0. The number of rotatable bonds is 7. The van der Waals surface area contributed by atoms with E-state index in [0.29, 0.717) is 30.7 Å². The van der Waals surface area contributed by atoms with Gasteiger partial charge in [0.25, 0.3) is 5.91 Å². The number of nitrogens with zero attached hydrogens (tertiary/aromatic N) is 6. The van der Waals surface area contributed by atoms with Crippen molar-refractivity contribution in [1.29, 1.82) is 0 Å². The predicted molar refractivity (Wildman–Crippen MR) is 194 cm³/mol. The first-order valence-corrected chi connectivity index (χ1v) is 18.1. The summed E-state index contributed by atoms with van der Waals surface area (Å²) in [5.74, 6) is -2.96. The van der Waals surface area contributed by atoms with E-state index in [2.05, 4.69) is 30.9 Å². The number of pyridine rings is 1. The second kappa shape index (κ2) is 19.0. The lowest BCUT2D eigenvalue weighted by atomic mass is 9.89. The highest BCUT2D eigenvalue weighted by molar-refractivity contribution is 5.95. The van der Waals surface area contributed by atoms with E-state index in [9.17, 15) is 28.7 Å². The molecule has 3 amide bonds. The van der Waals surface area contributed by atoms with E-state index in [1.165, 1.54) is 17.1 Å². The molecule has 54 heavy (non-hydrogen) atoms. The first kappa shape index (κ1) is 39.7. The summed E-state index contributed by atoms with van der Waals surface area (Å²) in [4.78, 5) is 63.0. The molecule has 2 aliphatic rings. The average molecular weight is 747 g/mol. The Labute approximate surface area is 312 Å². The topological polar surface area (TPSA) is 195 Å². The molecule has 2 bridgehead atoms. The number of hydrogen-bond acceptors (Lipinski definition) is 11. The summed E-state index contributed by atoms with van der Waals surface area (Å²) in [6, 6.07) is 2.72. The van der Waals surface area contributed by atoms with Gasteiger partial charge in [0.2, 0.25) is 11.8 Å². The van der Waals surface area contributed by atoms with Crippen LogP contribution in [-0.4, -0.2) is 103 Å². The van der Waals surface area contributed by atoms with Gasteiger partial charge in [0.1, 0.15) is 30.3 Å². The summed E-state index contributed by atoms with van der Waals surface area (Å²) >= 11 is 0. The van der Waals surface area contributed by atoms with Crippen LogP contribution in [0.15, 0.2) is 77.4 Å². The van der Waals surface area contributed by atoms with Crippen LogP contribution in [0.25, 0.3) is 11.3 Å². The van der Waals surface area contributed by atoms with Crippen molar-refractivity contribution in [2.24, 2.45) is 11.8 Å². The molecule has 16 heteroatoms. The third-order valence-corrected chi connectivity index (χ3v) is 9.11. The van der Waals surface area contributed by atoms with E-state index < -0.39 is 48.1 Å². The van der Waals surface area contributed by atoms with Crippen molar-refractivity contribution in [2.75, 3.05) is 19.6 Å². The van der Waals surface area contributed by atoms with E-state index in [0.717, 1.165) is 11.8 Å². The van der Waals surface area contributed by atoms with E-state index in [1.807, 2.05) is 26.0 Å². The Kier molecular flexibility index (Phi) is 14.0. The van der Waals surface area contributed by atoms with Gasteiger partial charge in [0, 0.05) is 56.4 Å². The molecule has 3 aromatic heterocycles. The Bertz CT molecular complexity index is 1840. The first-order chi connectivity index (χ1) is 26.0. The molecule has 5 atom stereocenters. The van der Waals surface area contributed by atoms with Crippen molar-refractivity contribution in [2.45, 2.75) is 83.8 Å². The zero-order valence-electron chi connectivity index (χ0n) is 30.6. The molecule has 0 spiro atoms. The largest absolute Gasteiger partial charge is 0.460 e. The number of oxazole rings is 1. The van der Waals surface area contributed by atoms with Gasteiger partial charge in [-0.15, -0.1) is 5.10 Å². The SMILES string of the molecule is CC1=CC(O)CC(F)Cc2nc(co2)C(=O)N2CCCC2C(=O)OC(C(C)C)C(CC(=O)NCCn2cc(-c3ccncc3)nn2)/C=C/C(=O)NCC=C1. The van der Waals surface area contributed by atoms with Crippen LogP contribution in [0.2, 0.25) is 0 Å². The third-order valence-electron chi connectivity index (χ3n) is 9.11. The van der Waals surface area contributed by atoms with Crippen molar-refractivity contribution >= 4 is 23.7 Å². The molecule has 0 aromatic carbocycles. The zero-order valence-corrected chi connectivity index (χ0v) is 30.6. The van der Waals surface area contributed by atoms with Crippen LogP contribution in [0.1, 0.15) is 62.8 Å². The van der Waals surface area contributed by atoms with Gasteiger partial charge in [-0.1, -0.05) is 48.9 Å². The Hall–Kier alpha value is -5.51. The van der Waals surface area contributed by atoms with Crippen LogP contribution < -0.4 is 10.6 Å². The molecule has 1 fully saturated rings. The Morgan fingerprint density at radius 2 is 1.96 bits per heavy atom. The second-order valence-electron chi connectivity index (χ2n) is 13.8. The monoisotopic (exact) mass is 746 g/mol. The van der Waals surface area contributed by atoms with E-state index in [1.54, 1.807) is 48.4 Å². The number of carbonyl (C=O) groups is 4. The lowest BCUT2D eigenvalue weighted by Gasteiger charge is -2.30. The predicted octanol–water partition coefficient (Wildman–Crippen LogP) is 3.14. The number of fused-ring (bicyclic) bond motifs is 3. The van der Waals surface area contributed by atoms with Gasteiger partial charge in [0.15, 0.2) is 11.6 Å². The molecule has 1 saturated heterocycles. The number of amides is 3. The van der Waals surface area contributed by atoms with Gasteiger partial charge >= 0.3 is 5.97 Å². The second-order valence-corrected chi connectivity index (χ2v) is 13.8. The van der Waals surface area contributed by atoms with Crippen LogP contribution >= 0.6 is 0 Å². The zero-order chi connectivity index (χ0) is 38.6. The van der Waals surface area contributed by atoms with Gasteiger partial charge in [-0.05, 0) is 43.9 Å². The molecule has 3 aromatic rings. The van der Waals surface area contributed by atoms with Gasteiger partial charge in [0.05, 0.1) is 25.3 Å². The van der Waals surface area contributed by atoms with E-state index in [-0.39, 0.29) is 62.3 Å². The summed E-state index contributed by atoms with van der Waals surface area (Å²) in [5.41, 5.74) is 2.12. The number of allylic oxidation sites excluding steroid dienone is 2. The summed E-state index contributed by atoms with van der Waals surface area (Å²) in [7, 11) is 0.